The Kier molecular flexibility index (Phi) is 4.16. The van der Waals surface area contributed by atoms with Gasteiger partial charge in [-0.3, -0.25) is 0 Å². The van der Waals surface area contributed by atoms with Gasteiger partial charge in [0.05, 0.1) is 22.8 Å². The zero-order valence-corrected chi connectivity index (χ0v) is 12.5. The number of aromatic nitrogens is 1. The van der Waals surface area contributed by atoms with Crippen LogP contribution in [0.5, 0.6) is 0 Å². The number of aryl methyl sites for hydroxylation is 2. The van der Waals surface area contributed by atoms with Gasteiger partial charge in [0.15, 0.2) is 5.13 Å². The number of carbonyl (C=O) groups excluding carboxylic acids is 1. The molecule has 7 heteroatoms. The molecule has 0 radical (unpaired) electrons. The quantitative estimate of drug-likeness (QED) is 0.690. The minimum atomic E-state index is -0.379. The molecule has 0 bridgehead atoms. The van der Waals surface area contributed by atoms with Crippen LogP contribution in [0.1, 0.15) is 27.6 Å². The third-order valence-electron chi connectivity index (χ3n) is 2.49. The van der Waals surface area contributed by atoms with Crippen molar-refractivity contribution in [2.45, 2.75) is 23.8 Å². The van der Waals surface area contributed by atoms with Crippen LogP contribution in [0.15, 0.2) is 14.7 Å². The van der Waals surface area contributed by atoms with E-state index in [0.717, 1.165) is 15.7 Å². The minimum absolute atomic E-state index is 0.379. The molecule has 0 aromatic carbocycles. The number of hydrogen-bond donors (Lipinski definition) is 1. The van der Waals surface area contributed by atoms with Crippen molar-refractivity contribution in [3.8, 4) is 0 Å². The molecule has 0 aliphatic rings. The first-order valence-corrected chi connectivity index (χ1v) is 7.34. The average Bonchev–Trinajstić information content (AvgIpc) is 2.88. The number of hydrogen-bond acceptors (Lipinski definition) is 7. The fourth-order valence-corrected chi connectivity index (χ4v) is 3.51. The van der Waals surface area contributed by atoms with Gasteiger partial charge in [-0.15, -0.1) is 11.8 Å². The number of carbonyl (C=O) groups is 1. The summed E-state index contributed by atoms with van der Waals surface area (Å²) in [6.45, 7) is 3.67. The van der Waals surface area contributed by atoms with Gasteiger partial charge in [0.25, 0.3) is 0 Å². The Bertz CT molecular complexity index is 604. The van der Waals surface area contributed by atoms with Gasteiger partial charge in [-0.25, -0.2) is 9.78 Å². The molecule has 102 valence electrons. The van der Waals surface area contributed by atoms with Crippen molar-refractivity contribution in [1.29, 1.82) is 0 Å². The molecule has 0 spiro atoms. The predicted molar refractivity (Wildman–Crippen MR) is 75.6 cm³/mol. The van der Waals surface area contributed by atoms with Crippen LogP contribution in [-0.2, 0) is 10.5 Å². The maximum absolute atomic E-state index is 11.5. The number of furan rings is 1. The Morgan fingerprint density at radius 1 is 1.58 bits per heavy atom. The summed E-state index contributed by atoms with van der Waals surface area (Å²) in [4.78, 5) is 15.6. The van der Waals surface area contributed by atoms with Crippen LogP contribution in [-0.4, -0.2) is 18.1 Å². The smallest absolute Gasteiger partial charge is 0.341 e. The van der Waals surface area contributed by atoms with Crippen LogP contribution < -0.4 is 5.73 Å². The van der Waals surface area contributed by atoms with Gasteiger partial charge in [-0.05, 0) is 19.9 Å². The highest BCUT2D eigenvalue weighted by molar-refractivity contribution is 8.00. The van der Waals surface area contributed by atoms with E-state index in [1.807, 2.05) is 6.92 Å². The molecule has 2 aromatic rings. The number of thioether (sulfide) groups is 1. The second-order valence-corrected chi connectivity index (χ2v) is 6.16. The standard InChI is InChI=1S/C12H14N2O3S2/c1-6-11(19-12(13)14-6)18-5-8-4-9(7(2)17-8)10(15)16-3/h4H,5H2,1-3H3,(H2,13,14). The van der Waals surface area contributed by atoms with E-state index in [9.17, 15) is 4.79 Å². The third kappa shape index (κ3) is 3.10. The minimum Gasteiger partial charge on any atom is -0.465 e. The molecule has 19 heavy (non-hydrogen) atoms. The first-order chi connectivity index (χ1) is 9.01. The van der Waals surface area contributed by atoms with Crippen LogP contribution in [0.4, 0.5) is 5.13 Å². The summed E-state index contributed by atoms with van der Waals surface area (Å²) < 4.78 is 11.3. The van der Waals surface area contributed by atoms with E-state index >= 15 is 0 Å². The van der Waals surface area contributed by atoms with Crippen LogP contribution in [0.3, 0.4) is 0 Å². The maximum atomic E-state index is 11.5. The highest BCUT2D eigenvalue weighted by atomic mass is 32.2. The zero-order chi connectivity index (χ0) is 14.0. The molecule has 2 heterocycles. The van der Waals surface area contributed by atoms with Crippen molar-refractivity contribution in [2.75, 3.05) is 12.8 Å². The van der Waals surface area contributed by atoms with Crippen molar-refractivity contribution in [1.82, 2.24) is 4.98 Å². The Morgan fingerprint density at radius 2 is 2.32 bits per heavy atom. The lowest BCUT2D eigenvalue weighted by atomic mass is 10.2. The Morgan fingerprint density at radius 3 is 2.89 bits per heavy atom. The van der Waals surface area contributed by atoms with E-state index in [-0.39, 0.29) is 5.97 Å². The van der Waals surface area contributed by atoms with Gasteiger partial charge in [0.1, 0.15) is 17.1 Å². The molecule has 0 fully saturated rings. The van der Waals surface area contributed by atoms with Gasteiger partial charge in [-0.1, -0.05) is 11.3 Å². The number of nitrogens with two attached hydrogens (primary N) is 1. The van der Waals surface area contributed by atoms with Crippen molar-refractivity contribution in [3.63, 3.8) is 0 Å². The number of methoxy groups -OCH3 is 1. The predicted octanol–water partition coefficient (Wildman–Crippen LogP) is 3.01. The lowest BCUT2D eigenvalue weighted by molar-refractivity contribution is 0.0599. The number of nitrogens with zero attached hydrogens (tertiary/aromatic N) is 1. The fraction of sp³-hybridized carbons (Fsp3) is 0.333. The molecular weight excluding hydrogens is 284 g/mol. The molecule has 2 rings (SSSR count). The second kappa shape index (κ2) is 5.66. The molecule has 2 N–H and O–H groups in total. The fourth-order valence-electron chi connectivity index (χ4n) is 1.60. The van der Waals surface area contributed by atoms with Crippen LogP contribution in [0.25, 0.3) is 0 Å². The number of nitrogen functional groups attached to an aromatic ring is 1. The van der Waals surface area contributed by atoms with Crippen LogP contribution in [0.2, 0.25) is 0 Å². The van der Waals surface area contributed by atoms with E-state index in [0.29, 0.717) is 22.2 Å². The number of esters is 1. The van der Waals surface area contributed by atoms with Gasteiger partial charge in [-0.2, -0.15) is 0 Å². The Hall–Kier alpha value is -1.47. The highest BCUT2D eigenvalue weighted by Crippen LogP contribution is 2.33. The number of rotatable bonds is 4. The summed E-state index contributed by atoms with van der Waals surface area (Å²) in [7, 11) is 1.35. The van der Waals surface area contributed by atoms with Crippen molar-refractivity contribution < 1.29 is 13.9 Å². The summed E-state index contributed by atoms with van der Waals surface area (Å²) in [5, 5.41) is 0.561. The summed E-state index contributed by atoms with van der Waals surface area (Å²) >= 11 is 3.04. The largest absolute Gasteiger partial charge is 0.465 e. The summed E-state index contributed by atoms with van der Waals surface area (Å²) in [6.07, 6.45) is 0. The Labute approximate surface area is 119 Å². The zero-order valence-electron chi connectivity index (χ0n) is 10.9. The maximum Gasteiger partial charge on any atom is 0.341 e. The van der Waals surface area contributed by atoms with Crippen molar-refractivity contribution in [2.24, 2.45) is 0 Å². The lowest BCUT2D eigenvalue weighted by Crippen LogP contribution is -2.00. The molecule has 0 saturated heterocycles. The molecule has 5 nitrogen and oxygen atoms in total. The molecule has 0 unspecified atom stereocenters. The summed E-state index contributed by atoms with van der Waals surface area (Å²) in [6, 6.07) is 1.72. The summed E-state index contributed by atoms with van der Waals surface area (Å²) in [5.74, 6) is 1.55. The third-order valence-corrected chi connectivity index (χ3v) is 4.86. The average molecular weight is 298 g/mol. The monoisotopic (exact) mass is 298 g/mol. The first kappa shape index (κ1) is 14.0. The van der Waals surface area contributed by atoms with Gasteiger partial charge in [0.2, 0.25) is 0 Å². The van der Waals surface area contributed by atoms with Gasteiger partial charge >= 0.3 is 5.97 Å². The van der Waals surface area contributed by atoms with Gasteiger partial charge in [0, 0.05) is 0 Å². The second-order valence-electron chi connectivity index (χ2n) is 3.89. The van der Waals surface area contributed by atoms with Crippen molar-refractivity contribution in [3.05, 3.63) is 28.8 Å². The number of ether oxygens (including phenoxy) is 1. The molecule has 0 aliphatic heterocycles. The molecular formula is C12H14N2O3S2. The molecule has 0 atom stereocenters. The van der Waals surface area contributed by atoms with E-state index < -0.39 is 0 Å². The summed E-state index contributed by atoms with van der Waals surface area (Å²) in [5.41, 5.74) is 7.04. The van der Waals surface area contributed by atoms with Gasteiger partial charge < -0.3 is 14.9 Å². The molecule has 0 aliphatic carbocycles. The van der Waals surface area contributed by atoms with Crippen LogP contribution in [0, 0.1) is 13.8 Å². The number of thiazole rings is 1. The SMILES string of the molecule is COC(=O)c1cc(CSc2sc(N)nc2C)oc1C. The topological polar surface area (TPSA) is 78.4 Å². The molecule has 0 amide bonds. The van der Waals surface area contributed by atoms with Crippen molar-refractivity contribution >= 4 is 34.2 Å². The Balaban J connectivity index is 2.08. The van der Waals surface area contributed by atoms with E-state index in [4.69, 9.17) is 10.2 Å². The highest BCUT2D eigenvalue weighted by Gasteiger charge is 2.16. The first-order valence-electron chi connectivity index (χ1n) is 5.54. The number of anilines is 1. The molecule has 0 saturated carbocycles. The van der Waals surface area contributed by atoms with E-state index in [2.05, 4.69) is 9.72 Å². The normalized spacial score (nSPS) is 10.7. The van der Waals surface area contributed by atoms with E-state index in [1.165, 1.54) is 18.4 Å². The lowest BCUT2D eigenvalue weighted by Gasteiger charge is -1.95. The van der Waals surface area contributed by atoms with E-state index in [1.54, 1.807) is 24.8 Å². The van der Waals surface area contributed by atoms with Crippen LogP contribution >= 0.6 is 23.1 Å². The molecule has 2 aromatic heterocycles.